The predicted octanol–water partition coefficient (Wildman–Crippen LogP) is 2.15. The van der Waals surface area contributed by atoms with E-state index in [1.54, 1.807) is 6.20 Å². The molecule has 0 aliphatic carbocycles. The summed E-state index contributed by atoms with van der Waals surface area (Å²) in [7, 11) is 0. The van der Waals surface area contributed by atoms with Crippen LogP contribution in [0.25, 0.3) is 0 Å². The molecule has 2 N–H and O–H groups in total. The molecule has 0 aromatic carbocycles. The van der Waals surface area contributed by atoms with Gasteiger partial charge in [-0.05, 0) is 18.4 Å². The van der Waals surface area contributed by atoms with Crippen LogP contribution in [0.1, 0.15) is 32.4 Å². The molecule has 4 nitrogen and oxygen atoms in total. The van der Waals surface area contributed by atoms with E-state index in [2.05, 4.69) is 18.8 Å². The average molecular weight is 238 g/mol. The number of pyridine rings is 1. The molecule has 0 amide bonds. The summed E-state index contributed by atoms with van der Waals surface area (Å²) in [6.45, 7) is 8.05. The van der Waals surface area contributed by atoms with E-state index in [0.717, 1.165) is 12.2 Å². The lowest BCUT2D eigenvalue weighted by atomic mass is 10.2. The van der Waals surface area contributed by atoms with E-state index >= 15 is 0 Å². The van der Waals surface area contributed by atoms with Crippen LogP contribution in [0.5, 0.6) is 5.88 Å². The predicted molar refractivity (Wildman–Crippen MR) is 68.0 cm³/mol. The third-order valence-corrected chi connectivity index (χ3v) is 2.21. The lowest BCUT2D eigenvalue weighted by Crippen LogP contribution is -2.11. The normalized spacial score (nSPS) is 12.8. The van der Waals surface area contributed by atoms with Gasteiger partial charge in [-0.25, -0.2) is 4.98 Å². The molecule has 1 aromatic heterocycles. The minimum absolute atomic E-state index is 0.00549. The first kappa shape index (κ1) is 13.9. The van der Waals surface area contributed by atoms with E-state index in [-0.39, 0.29) is 6.04 Å². The first-order valence-corrected chi connectivity index (χ1v) is 6.01. The SMILES string of the molecule is CC(C)COCCOc1ccc([C@@H](C)N)cn1. The summed E-state index contributed by atoms with van der Waals surface area (Å²) >= 11 is 0. The smallest absolute Gasteiger partial charge is 0.213 e. The van der Waals surface area contributed by atoms with Gasteiger partial charge < -0.3 is 15.2 Å². The van der Waals surface area contributed by atoms with Crippen molar-refractivity contribution < 1.29 is 9.47 Å². The summed E-state index contributed by atoms with van der Waals surface area (Å²) in [6, 6.07) is 3.77. The maximum absolute atomic E-state index is 5.73. The number of hydrogen-bond donors (Lipinski definition) is 1. The molecule has 1 aromatic rings. The van der Waals surface area contributed by atoms with Gasteiger partial charge in [0.25, 0.3) is 0 Å². The maximum atomic E-state index is 5.73. The third kappa shape index (κ3) is 5.65. The Morgan fingerprint density at radius 3 is 2.53 bits per heavy atom. The van der Waals surface area contributed by atoms with Gasteiger partial charge in [-0.3, -0.25) is 0 Å². The summed E-state index contributed by atoms with van der Waals surface area (Å²) in [5.74, 6) is 1.17. The molecule has 1 rings (SSSR count). The Morgan fingerprint density at radius 1 is 1.24 bits per heavy atom. The molecule has 96 valence electrons. The van der Waals surface area contributed by atoms with Crippen LogP contribution >= 0.6 is 0 Å². The van der Waals surface area contributed by atoms with Crippen LogP contribution in [0.3, 0.4) is 0 Å². The Morgan fingerprint density at radius 2 is 2.00 bits per heavy atom. The van der Waals surface area contributed by atoms with Gasteiger partial charge in [-0.1, -0.05) is 19.9 Å². The van der Waals surface area contributed by atoms with E-state index in [1.807, 2.05) is 19.1 Å². The number of hydrogen-bond acceptors (Lipinski definition) is 4. The van der Waals surface area contributed by atoms with Crippen molar-refractivity contribution in [2.24, 2.45) is 11.7 Å². The molecule has 1 atom stereocenters. The van der Waals surface area contributed by atoms with Gasteiger partial charge >= 0.3 is 0 Å². The fourth-order valence-corrected chi connectivity index (χ4v) is 1.27. The highest BCUT2D eigenvalue weighted by molar-refractivity contribution is 5.19. The molecule has 0 fully saturated rings. The Hall–Kier alpha value is -1.13. The van der Waals surface area contributed by atoms with E-state index < -0.39 is 0 Å². The Bertz CT molecular complexity index is 310. The summed E-state index contributed by atoms with van der Waals surface area (Å²) < 4.78 is 10.9. The van der Waals surface area contributed by atoms with Crippen LogP contribution in [0.4, 0.5) is 0 Å². The van der Waals surface area contributed by atoms with E-state index in [4.69, 9.17) is 15.2 Å². The first-order valence-electron chi connectivity index (χ1n) is 6.01. The van der Waals surface area contributed by atoms with Crippen molar-refractivity contribution in [3.05, 3.63) is 23.9 Å². The van der Waals surface area contributed by atoms with Crippen LogP contribution in [0.15, 0.2) is 18.3 Å². The van der Waals surface area contributed by atoms with E-state index in [0.29, 0.717) is 25.0 Å². The van der Waals surface area contributed by atoms with Gasteiger partial charge in [0, 0.05) is 24.9 Å². The van der Waals surface area contributed by atoms with Crippen molar-refractivity contribution in [2.75, 3.05) is 19.8 Å². The number of nitrogens with zero attached hydrogens (tertiary/aromatic N) is 1. The van der Waals surface area contributed by atoms with Crippen molar-refractivity contribution in [1.29, 1.82) is 0 Å². The standard InChI is InChI=1S/C13H22N2O2/c1-10(2)9-16-6-7-17-13-5-4-12(8-15-13)11(3)14/h4-5,8,10-11H,6-7,9,14H2,1-3H3/t11-/m1/s1. The van der Waals surface area contributed by atoms with Gasteiger partial charge in [-0.15, -0.1) is 0 Å². The van der Waals surface area contributed by atoms with Gasteiger partial charge in [-0.2, -0.15) is 0 Å². The van der Waals surface area contributed by atoms with Crippen molar-refractivity contribution in [2.45, 2.75) is 26.8 Å². The minimum atomic E-state index is 0.00549. The zero-order valence-electron chi connectivity index (χ0n) is 10.8. The number of ether oxygens (including phenoxy) is 2. The molecule has 0 aliphatic heterocycles. The fraction of sp³-hybridized carbons (Fsp3) is 0.615. The first-order chi connectivity index (χ1) is 8.09. The molecular formula is C13H22N2O2. The number of aromatic nitrogens is 1. The monoisotopic (exact) mass is 238 g/mol. The lowest BCUT2D eigenvalue weighted by molar-refractivity contribution is 0.0806. The highest BCUT2D eigenvalue weighted by atomic mass is 16.5. The molecule has 0 saturated carbocycles. The Balaban J connectivity index is 2.23. The summed E-state index contributed by atoms with van der Waals surface area (Å²) in [6.07, 6.45) is 1.75. The second-order valence-electron chi connectivity index (χ2n) is 4.54. The molecule has 0 aliphatic rings. The Labute approximate surface area is 103 Å². The van der Waals surface area contributed by atoms with E-state index in [1.165, 1.54) is 0 Å². The van der Waals surface area contributed by atoms with Gasteiger partial charge in [0.2, 0.25) is 5.88 Å². The van der Waals surface area contributed by atoms with Gasteiger partial charge in [0.1, 0.15) is 6.61 Å². The van der Waals surface area contributed by atoms with Crippen LogP contribution in [-0.4, -0.2) is 24.8 Å². The molecular weight excluding hydrogens is 216 g/mol. The van der Waals surface area contributed by atoms with Crippen molar-refractivity contribution in [1.82, 2.24) is 4.98 Å². The van der Waals surface area contributed by atoms with Crippen LogP contribution in [0, 0.1) is 5.92 Å². The van der Waals surface area contributed by atoms with Gasteiger partial charge in [0.05, 0.1) is 6.61 Å². The van der Waals surface area contributed by atoms with Crippen molar-refractivity contribution >= 4 is 0 Å². The van der Waals surface area contributed by atoms with Crippen LogP contribution < -0.4 is 10.5 Å². The quantitative estimate of drug-likeness (QED) is 0.739. The number of rotatable bonds is 7. The molecule has 1 heterocycles. The Kier molecular flexibility index (Phi) is 5.94. The summed E-state index contributed by atoms with van der Waals surface area (Å²) in [5.41, 5.74) is 6.74. The molecule has 17 heavy (non-hydrogen) atoms. The van der Waals surface area contributed by atoms with Gasteiger partial charge in [0.15, 0.2) is 0 Å². The largest absolute Gasteiger partial charge is 0.475 e. The van der Waals surface area contributed by atoms with Crippen molar-refractivity contribution in [3.63, 3.8) is 0 Å². The molecule has 0 unspecified atom stereocenters. The summed E-state index contributed by atoms with van der Waals surface area (Å²) in [5, 5.41) is 0. The number of nitrogens with two attached hydrogens (primary N) is 1. The zero-order valence-corrected chi connectivity index (χ0v) is 10.8. The molecule has 0 saturated heterocycles. The molecule has 0 bridgehead atoms. The highest BCUT2D eigenvalue weighted by Crippen LogP contribution is 2.12. The van der Waals surface area contributed by atoms with Crippen LogP contribution in [0.2, 0.25) is 0 Å². The third-order valence-electron chi connectivity index (χ3n) is 2.21. The second-order valence-corrected chi connectivity index (χ2v) is 4.54. The fourth-order valence-electron chi connectivity index (χ4n) is 1.27. The highest BCUT2D eigenvalue weighted by Gasteiger charge is 2.01. The maximum Gasteiger partial charge on any atom is 0.213 e. The lowest BCUT2D eigenvalue weighted by Gasteiger charge is -2.09. The molecule has 0 radical (unpaired) electrons. The van der Waals surface area contributed by atoms with Crippen LogP contribution in [-0.2, 0) is 4.74 Å². The second kappa shape index (κ2) is 7.25. The average Bonchev–Trinajstić information content (AvgIpc) is 2.29. The molecule has 0 spiro atoms. The zero-order chi connectivity index (χ0) is 12.7. The van der Waals surface area contributed by atoms with E-state index in [9.17, 15) is 0 Å². The topological polar surface area (TPSA) is 57.4 Å². The minimum Gasteiger partial charge on any atom is -0.475 e. The van der Waals surface area contributed by atoms with Crippen molar-refractivity contribution in [3.8, 4) is 5.88 Å². The molecule has 4 heteroatoms. The summed E-state index contributed by atoms with van der Waals surface area (Å²) in [4.78, 5) is 4.17.